The van der Waals surface area contributed by atoms with Crippen molar-refractivity contribution in [3.05, 3.63) is 58.6 Å². The summed E-state index contributed by atoms with van der Waals surface area (Å²) in [6.07, 6.45) is 0. The average molecular weight is 400 g/mol. The molecule has 0 aromatic heterocycles. The van der Waals surface area contributed by atoms with Crippen LogP contribution < -0.4 is 10.1 Å². The highest BCUT2D eigenvalue weighted by atomic mass is 79.9. The number of esters is 1. The molecule has 0 unspecified atom stereocenters. The molecule has 1 amide bonds. The molecule has 1 N–H and O–H groups in total. The van der Waals surface area contributed by atoms with Crippen LogP contribution in [0.5, 0.6) is 5.75 Å². The van der Waals surface area contributed by atoms with Gasteiger partial charge in [0.1, 0.15) is 17.4 Å². The Kier molecular flexibility index (Phi) is 6.25. The fraction of sp³-hybridized carbons (Fsp3) is 0.125. The zero-order valence-corrected chi connectivity index (χ0v) is 13.8. The van der Waals surface area contributed by atoms with Crippen LogP contribution in [0.1, 0.15) is 0 Å². The number of anilines is 1. The molecular formula is C16H12BrF2NO4. The molecule has 24 heavy (non-hydrogen) atoms. The molecule has 126 valence electrons. The van der Waals surface area contributed by atoms with Crippen LogP contribution in [0.25, 0.3) is 0 Å². The van der Waals surface area contributed by atoms with Crippen LogP contribution in [0.15, 0.2) is 46.9 Å². The van der Waals surface area contributed by atoms with Gasteiger partial charge in [-0.3, -0.25) is 4.79 Å². The van der Waals surface area contributed by atoms with E-state index in [0.29, 0.717) is 4.47 Å². The first-order valence-electron chi connectivity index (χ1n) is 6.73. The average Bonchev–Trinajstić information content (AvgIpc) is 2.55. The number of halogens is 3. The quantitative estimate of drug-likeness (QED) is 0.756. The third kappa shape index (κ3) is 5.62. The van der Waals surface area contributed by atoms with Crippen molar-refractivity contribution in [2.24, 2.45) is 0 Å². The van der Waals surface area contributed by atoms with Crippen LogP contribution in [0.2, 0.25) is 0 Å². The first-order chi connectivity index (χ1) is 11.4. The number of rotatable bonds is 6. The molecule has 0 atom stereocenters. The summed E-state index contributed by atoms with van der Waals surface area (Å²) in [5, 5.41) is 2.28. The van der Waals surface area contributed by atoms with Gasteiger partial charge in [0.2, 0.25) is 0 Å². The predicted octanol–water partition coefficient (Wildman–Crippen LogP) is 3.29. The van der Waals surface area contributed by atoms with E-state index in [2.05, 4.69) is 21.2 Å². The minimum absolute atomic E-state index is 0.0261. The standard InChI is InChI=1S/C16H12BrF2NO4/c17-10-1-6-14(13(19)7-10)20-15(21)8-24-16(22)9-23-12-4-2-11(18)3-5-12/h1-7H,8-9H2,(H,20,21). The van der Waals surface area contributed by atoms with E-state index in [-0.39, 0.29) is 11.4 Å². The maximum atomic E-state index is 13.5. The second-order valence-electron chi connectivity index (χ2n) is 4.58. The van der Waals surface area contributed by atoms with Crippen molar-refractivity contribution in [3.8, 4) is 5.75 Å². The molecule has 2 aromatic carbocycles. The summed E-state index contributed by atoms with van der Waals surface area (Å²) in [5.41, 5.74) is -0.0261. The minimum atomic E-state index is -0.786. The van der Waals surface area contributed by atoms with E-state index >= 15 is 0 Å². The second kappa shape index (κ2) is 8.39. The fourth-order valence-electron chi connectivity index (χ4n) is 1.64. The van der Waals surface area contributed by atoms with Gasteiger partial charge in [0.05, 0.1) is 5.69 Å². The number of nitrogens with one attached hydrogen (secondary N) is 1. The molecule has 0 spiro atoms. The van der Waals surface area contributed by atoms with E-state index in [0.717, 1.165) is 0 Å². The van der Waals surface area contributed by atoms with Crippen molar-refractivity contribution in [3.63, 3.8) is 0 Å². The molecule has 0 radical (unpaired) electrons. The number of ether oxygens (including phenoxy) is 2. The first-order valence-corrected chi connectivity index (χ1v) is 7.52. The molecule has 8 heteroatoms. The van der Waals surface area contributed by atoms with E-state index in [4.69, 9.17) is 9.47 Å². The zero-order chi connectivity index (χ0) is 17.5. The normalized spacial score (nSPS) is 10.1. The molecule has 0 aliphatic carbocycles. The lowest BCUT2D eigenvalue weighted by Gasteiger charge is -2.08. The van der Waals surface area contributed by atoms with Gasteiger partial charge in [-0.25, -0.2) is 13.6 Å². The van der Waals surface area contributed by atoms with Gasteiger partial charge in [-0.05, 0) is 42.5 Å². The van der Waals surface area contributed by atoms with Gasteiger partial charge in [-0.1, -0.05) is 15.9 Å². The molecule has 2 rings (SSSR count). The van der Waals surface area contributed by atoms with Gasteiger partial charge in [-0.15, -0.1) is 0 Å². The number of hydrogen-bond donors (Lipinski definition) is 1. The third-order valence-electron chi connectivity index (χ3n) is 2.74. The lowest BCUT2D eigenvalue weighted by Crippen LogP contribution is -2.24. The predicted molar refractivity (Wildman–Crippen MR) is 85.6 cm³/mol. The van der Waals surface area contributed by atoms with Crippen LogP contribution in [-0.2, 0) is 14.3 Å². The number of benzene rings is 2. The van der Waals surface area contributed by atoms with E-state index in [1.54, 1.807) is 6.07 Å². The van der Waals surface area contributed by atoms with Crippen LogP contribution in [0, 0.1) is 11.6 Å². The summed E-state index contributed by atoms with van der Waals surface area (Å²) < 4.78 is 36.6. The van der Waals surface area contributed by atoms with Crippen LogP contribution in [0.3, 0.4) is 0 Å². The molecule has 0 heterocycles. The molecule has 5 nitrogen and oxygen atoms in total. The van der Waals surface area contributed by atoms with Crippen molar-refractivity contribution in [2.45, 2.75) is 0 Å². The molecule has 0 saturated carbocycles. The number of amides is 1. The SMILES string of the molecule is O=C(COC(=O)COc1ccc(F)cc1)Nc1ccc(Br)cc1F. The lowest BCUT2D eigenvalue weighted by atomic mass is 10.3. The van der Waals surface area contributed by atoms with E-state index in [1.807, 2.05) is 0 Å². The molecule has 0 bridgehead atoms. The van der Waals surface area contributed by atoms with Gasteiger partial charge >= 0.3 is 5.97 Å². The highest BCUT2D eigenvalue weighted by Crippen LogP contribution is 2.19. The first kappa shape index (κ1) is 17.9. The summed E-state index contributed by atoms with van der Waals surface area (Å²) in [5.74, 6) is -2.24. The number of carbonyl (C=O) groups is 2. The summed E-state index contributed by atoms with van der Waals surface area (Å²) in [7, 11) is 0. The van der Waals surface area contributed by atoms with E-state index < -0.39 is 36.7 Å². The van der Waals surface area contributed by atoms with E-state index in [1.165, 1.54) is 36.4 Å². The molecule has 0 aliphatic rings. The summed E-state index contributed by atoms with van der Waals surface area (Å²) in [6.45, 7) is -1.02. The largest absolute Gasteiger partial charge is 0.482 e. The van der Waals surface area contributed by atoms with E-state index in [9.17, 15) is 18.4 Å². The van der Waals surface area contributed by atoms with Crippen LogP contribution >= 0.6 is 15.9 Å². The monoisotopic (exact) mass is 399 g/mol. The zero-order valence-electron chi connectivity index (χ0n) is 12.2. The second-order valence-corrected chi connectivity index (χ2v) is 5.49. The van der Waals surface area contributed by atoms with Gasteiger partial charge in [0.15, 0.2) is 13.2 Å². The topological polar surface area (TPSA) is 64.6 Å². The van der Waals surface area contributed by atoms with Crippen molar-refractivity contribution >= 4 is 33.5 Å². The van der Waals surface area contributed by atoms with Crippen molar-refractivity contribution in [2.75, 3.05) is 18.5 Å². The third-order valence-corrected chi connectivity index (χ3v) is 3.23. The van der Waals surface area contributed by atoms with Crippen molar-refractivity contribution in [1.29, 1.82) is 0 Å². The number of carbonyl (C=O) groups excluding carboxylic acids is 2. The van der Waals surface area contributed by atoms with Gasteiger partial charge in [-0.2, -0.15) is 0 Å². The van der Waals surface area contributed by atoms with Gasteiger partial charge in [0.25, 0.3) is 5.91 Å². The molecular weight excluding hydrogens is 388 g/mol. The molecule has 2 aromatic rings. The highest BCUT2D eigenvalue weighted by molar-refractivity contribution is 9.10. The summed E-state index contributed by atoms with van der Waals surface area (Å²) in [6, 6.07) is 9.19. The highest BCUT2D eigenvalue weighted by Gasteiger charge is 2.11. The van der Waals surface area contributed by atoms with Crippen molar-refractivity contribution < 1.29 is 27.8 Å². The minimum Gasteiger partial charge on any atom is -0.482 e. The Balaban J connectivity index is 1.74. The maximum absolute atomic E-state index is 13.5. The molecule has 0 aliphatic heterocycles. The Labute approximate surface area is 144 Å². The summed E-state index contributed by atoms with van der Waals surface area (Å²) >= 11 is 3.10. The van der Waals surface area contributed by atoms with Gasteiger partial charge < -0.3 is 14.8 Å². The number of hydrogen-bond acceptors (Lipinski definition) is 4. The Morgan fingerprint density at radius 1 is 1.04 bits per heavy atom. The summed E-state index contributed by atoms with van der Waals surface area (Å²) in [4.78, 5) is 23.1. The lowest BCUT2D eigenvalue weighted by molar-refractivity contribution is -0.149. The van der Waals surface area contributed by atoms with Crippen LogP contribution in [-0.4, -0.2) is 25.1 Å². The molecule has 0 saturated heterocycles. The van der Waals surface area contributed by atoms with Gasteiger partial charge in [0, 0.05) is 4.47 Å². The molecule has 0 fully saturated rings. The maximum Gasteiger partial charge on any atom is 0.344 e. The Morgan fingerprint density at radius 3 is 2.42 bits per heavy atom. The fourth-order valence-corrected chi connectivity index (χ4v) is 1.97. The Bertz CT molecular complexity index is 737. The van der Waals surface area contributed by atoms with Crippen molar-refractivity contribution in [1.82, 2.24) is 0 Å². The Hall–Kier alpha value is -2.48. The van der Waals surface area contributed by atoms with Crippen LogP contribution in [0.4, 0.5) is 14.5 Å². The smallest absolute Gasteiger partial charge is 0.344 e. The Morgan fingerprint density at radius 2 is 1.75 bits per heavy atom.